The molecule has 0 spiro atoms. The molecule has 0 amide bonds. The number of esters is 1. The number of hydrogen-bond acceptors (Lipinski definition) is 6. The molecule has 2 bridgehead atoms. The molecule has 3 aromatic rings. The van der Waals surface area contributed by atoms with Gasteiger partial charge in [-0.1, -0.05) is 41.7 Å². The lowest BCUT2D eigenvalue weighted by Crippen LogP contribution is -2.58. The van der Waals surface area contributed by atoms with Crippen LogP contribution >= 0.6 is 11.3 Å². The molecule has 2 aliphatic rings. The van der Waals surface area contributed by atoms with E-state index in [-0.39, 0.29) is 11.4 Å². The minimum atomic E-state index is -1.21. The number of thiazole rings is 1. The lowest BCUT2D eigenvalue weighted by atomic mass is 9.81. The fraction of sp³-hybridized carbons (Fsp3) is 0.227. The molecule has 0 aliphatic carbocycles. The predicted octanol–water partition coefficient (Wildman–Crippen LogP) is 2.00. The number of halogens is 1. The van der Waals surface area contributed by atoms with Crippen LogP contribution in [0.1, 0.15) is 24.1 Å². The molecule has 0 radical (unpaired) electrons. The van der Waals surface area contributed by atoms with Gasteiger partial charge in [0.15, 0.2) is 4.80 Å². The summed E-state index contributed by atoms with van der Waals surface area (Å²) in [4.78, 5) is 31.2. The van der Waals surface area contributed by atoms with Crippen LogP contribution in [0.5, 0.6) is 5.75 Å². The smallest absolute Gasteiger partial charge is 0.317 e. The minimum Gasteiger partial charge on any atom is -0.469 e. The molecular weight excluding hydrogens is 407 g/mol. The fourth-order valence-corrected chi connectivity index (χ4v) is 5.28. The first-order chi connectivity index (χ1) is 14.4. The summed E-state index contributed by atoms with van der Waals surface area (Å²) in [6.45, 7) is 1.72. The van der Waals surface area contributed by atoms with Gasteiger partial charge in [-0.2, -0.15) is 0 Å². The highest BCUT2D eigenvalue weighted by Crippen LogP contribution is 2.47. The first-order valence-electron chi connectivity index (χ1n) is 9.35. The van der Waals surface area contributed by atoms with Crippen LogP contribution in [0.25, 0.3) is 6.08 Å². The number of ether oxygens (including phenoxy) is 2. The quantitative estimate of drug-likeness (QED) is 0.590. The Bertz CT molecular complexity index is 1360. The normalized spacial score (nSPS) is 24.3. The number of rotatable bonds is 2. The zero-order valence-corrected chi connectivity index (χ0v) is 17.0. The lowest BCUT2D eigenvalue weighted by molar-refractivity contribution is -0.158. The van der Waals surface area contributed by atoms with Crippen LogP contribution in [0, 0.1) is 11.7 Å². The average Bonchev–Trinajstić information content (AvgIpc) is 3.00. The summed E-state index contributed by atoms with van der Waals surface area (Å²) in [5.74, 6) is -1.13. The zero-order valence-electron chi connectivity index (χ0n) is 16.2. The summed E-state index contributed by atoms with van der Waals surface area (Å²) in [7, 11) is 1.31. The molecule has 152 valence electrons. The van der Waals surface area contributed by atoms with Crippen molar-refractivity contribution in [3.05, 3.63) is 85.2 Å². The lowest BCUT2D eigenvalue weighted by Gasteiger charge is -2.44. The van der Waals surface area contributed by atoms with Gasteiger partial charge in [-0.25, -0.2) is 9.38 Å². The molecule has 2 aromatic carbocycles. The van der Waals surface area contributed by atoms with Crippen molar-refractivity contribution in [1.82, 2.24) is 4.57 Å². The van der Waals surface area contributed by atoms with Gasteiger partial charge in [-0.05, 0) is 36.8 Å². The maximum Gasteiger partial charge on any atom is 0.317 e. The number of para-hydroxylation sites is 1. The van der Waals surface area contributed by atoms with Crippen LogP contribution in [0.2, 0.25) is 0 Å². The molecule has 5 rings (SSSR count). The van der Waals surface area contributed by atoms with Crippen LogP contribution in [0.3, 0.4) is 0 Å². The third kappa shape index (κ3) is 2.71. The Kier molecular flexibility index (Phi) is 4.14. The monoisotopic (exact) mass is 424 g/mol. The van der Waals surface area contributed by atoms with Gasteiger partial charge in [0, 0.05) is 5.56 Å². The second kappa shape index (κ2) is 6.63. The summed E-state index contributed by atoms with van der Waals surface area (Å²) in [5.41, 5.74) is -0.208. The van der Waals surface area contributed by atoms with E-state index in [2.05, 4.69) is 4.99 Å². The molecular formula is C22H17FN2O4S. The first-order valence-corrected chi connectivity index (χ1v) is 10.2. The Hall–Kier alpha value is -3.26. The van der Waals surface area contributed by atoms with Gasteiger partial charge in [0.05, 0.1) is 17.7 Å². The predicted molar refractivity (Wildman–Crippen MR) is 108 cm³/mol. The largest absolute Gasteiger partial charge is 0.469 e. The van der Waals surface area contributed by atoms with Crippen molar-refractivity contribution in [2.75, 3.05) is 7.11 Å². The van der Waals surface area contributed by atoms with E-state index < -0.39 is 23.7 Å². The van der Waals surface area contributed by atoms with Crippen molar-refractivity contribution in [3.63, 3.8) is 0 Å². The minimum absolute atomic E-state index is 0.291. The molecule has 0 fully saturated rings. The highest BCUT2D eigenvalue weighted by Gasteiger charge is 2.55. The topological polar surface area (TPSA) is 69.9 Å². The molecule has 30 heavy (non-hydrogen) atoms. The number of carbonyl (C=O) groups is 1. The third-order valence-corrected chi connectivity index (χ3v) is 6.46. The van der Waals surface area contributed by atoms with E-state index in [1.54, 1.807) is 31.2 Å². The molecule has 6 nitrogen and oxygen atoms in total. The van der Waals surface area contributed by atoms with Crippen LogP contribution in [-0.2, 0) is 9.53 Å². The van der Waals surface area contributed by atoms with Crippen LogP contribution < -0.4 is 19.6 Å². The molecule has 0 saturated heterocycles. The Morgan fingerprint density at radius 3 is 2.87 bits per heavy atom. The van der Waals surface area contributed by atoms with Crippen LogP contribution in [-0.4, -0.2) is 23.4 Å². The van der Waals surface area contributed by atoms with E-state index in [0.29, 0.717) is 20.6 Å². The molecule has 0 unspecified atom stereocenters. The molecule has 3 atom stereocenters. The number of fused-ring (bicyclic) bond motifs is 6. The second-order valence-corrected chi connectivity index (χ2v) is 8.38. The standard InChI is InChI=1S/C22H17FN2O4S/c1-22-17(20(27)28-2)18(14-8-3-4-9-15(14)29-22)25-19(26)16(30-21(25)24-22)11-12-6-5-7-13(23)10-12/h3-11,17-18H,1-2H3/b16-11+/t17-,18-,22-/m1/s1. The SMILES string of the molecule is COC(=O)[C@H]1[C@H]2c3ccccc3O[C@@]1(C)N=c1s/c(=C/c3cccc(F)c3)c(=O)n12. The molecule has 2 aliphatic heterocycles. The van der Waals surface area contributed by atoms with Crippen LogP contribution in [0.15, 0.2) is 58.3 Å². The van der Waals surface area contributed by atoms with E-state index in [0.717, 1.165) is 5.56 Å². The van der Waals surface area contributed by atoms with E-state index in [1.165, 1.54) is 35.1 Å². The Morgan fingerprint density at radius 2 is 2.10 bits per heavy atom. The Balaban J connectivity index is 1.80. The van der Waals surface area contributed by atoms with Gasteiger partial charge in [0.25, 0.3) is 5.56 Å². The van der Waals surface area contributed by atoms with Crippen molar-refractivity contribution >= 4 is 23.4 Å². The summed E-state index contributed by atoms with van der Waals surface area (Å²) in [6, 6.07) is 12.7. The van der Waals surface area contributed by atoms with E-state index >= 15 is 0 Å². The van der Waals surface area contributed by atoms with Crippen LogP contribution in [0.4, 0.5) is 4.39 Å². The van der Waals surface area contributed by atoms with E-state index in [1.807, 2.05) is 18.2 Å². The van der Waals surface area contributed by atoms with Crippen molar-refractivity contribution < 1.29 is 18.7 Å². The number of methoxy groups -OCH3 is 1. The maximum absolute atomic E-state index is 13.6. The first kappa shape index (κ1) is 18.7. The maximum atomic E-state index is 13.6. The summed E-state index contributed by atoms with van der Waals surface area (Å²) in [6.07, 6.45) is 1.63. The number of carbonyl (C=O) groups excluding carboxylic acids is 1. The molecule has 0 saturated carbocycles. The second-order valence-electron chi connectivity index (χ2n) is 7.38. The highest BCUT2D eigenvalue weighted by molar-refractivity contribution is 7.07. The van der Waals surface area contributed by atoms with Crippen molar-refractivity contribution in [1.29, 1.82) is 0 Å². The van der Waals surface area contributed by atoms with Gasteiger partial charge in [-0.3, -0.25) is 14.2 Å². The zero-order chi connectivity index (χ0) is 21.0. The number of aromatic nitrogens is 1. The molecule has 3 heterocycles. The number of nitrogens with zero attached hydrogens (tertiary/aromatic N) is 2. The van der Waals surface area contributed by atoms with Gasteiger partial charge in [0.1, 0.15) is 17.5 Å². The van der Waals surface area contributed by atoms with Crippen molar-refractivity contribution in [2.24, 2.45) is 10.9 Å². The van der Waals surface area contributed by atoms with Gasteiger partial charge in [0.2, 0.25) is 5.72 Å². The molecule has 0 N–H and O–H groups in total. The van der Waals surface area contributed by atoms with Gasteiger partial charge >= 0.3 is 5.97 Å². The number of hydrogen-bond donors (Lipinski definition) is 0. The summed E-state index contributed by atoms with van der Waals surface area (Å²) >= 11 is 1.19. The Labute approximate surface area is 174 Å². The molecule has 1 aromatic heterocycles. The summed E-state index contributed by atoms with van der Waals surface area (Å²) in [5, 5.41) is 0. The Morgan fingerprint density at radius 1 is 1.30 bits per heavy atom. The van der Waals surface area contributed by atoms with Gasteiger partial charge in [-0.15, -0.1) is 0 Å². The fourth-order valence-electron chi connectivity index (χ4n) is 4.18. The van der Waals surface area contributed by atoms with Crippen molar-refractivity contribution in [2.45, 2.75) is 18.7 Å². The van der Waals surface area contributed by atoms with E-state index in [9.17, 15) is 14.0 Å². The van der Waals surface area contributed by atoms with Gasteiger partial charge < -0.3 is 9.47 Å². The summed E-state index contributed by atoms with van der Waals surface area (Å²) < 4.78 is 26.7. The average molecular weight is 424 g/mol. The highest BCUT2D eigenvalue weighted by atomic mass is 32.1. The number of benzene rings is 2. The van der Waals surface area contributed by atoms with Crippen molar-refractivity contribution in [3.8, 4) is 5.75 Å². The molecule has 8 heteroatoms. The van der Waals surface area contributed by atoms with E-state index in [4.69, 9.17) is 9.47 Å². The third-order valence-electron chi connectivity index (χ3n) is 5.48.